The maximum atomic E-state index is 12.6. The average molecular weight is 372 g/mol. The fourth-order valence-corrected chi connectivity index (χ4v) is 2.27. The van der Waals surface area contributed by atoms with E-state index in [4.69, 9.17) is 20.8 Å². The van der Waals surface area contributed by atoms with Crippen molar-refractivity contribution in [2.24, 2.45) is 0 Å². The lowest BCUT2D eigenvalue weighted by Crippen LogP contribution is -2.31. The van der Waals surface area contributed by atoms with Crippen LogP contribution in [0.2, 0.25) is 5.15 Å². The maximum Gasteiger partial charge on any atom is 0.340 e. The summed E-state index contributed by atoms with van der Waals surface area (Å²) < 4.78 is 10.6. The molecular formula is C18H14ClN3O4. The normalized spacial score (nSPS) is 11.6. The van der Waals surface area contributed by atoms with Crippen molar-refractivity contribution in [1.82, 2.24) is 15.3 Å². The number of amides is 1. The number of nitrogens with zero attached hydrogens (tertiary/aromatic N) is 2. The minimum absolute atomic E-state index is 0.174. The van der Waals surface area contributed by atoms with E-state index in [-0.39, 0.29) is 17.3 Å². The Bertz CT molecular complexity index is 867. The van der Waals surface area contributed by atoms with Crippen LogP contribution in [0.25, 0.3) is 0 Å². The molecule has 1 N–H and O–H groups in total. The first-order valence-electron chi connectivity index (χ1n) is 7.66. The Hall–Kier alpha value is -3.19. The summed E-state index contributed by atoms with van der Waals surface area (Å²) in [5.74, 6) is -0.591. The molecule has 1 unspecified atom stereocenters. The van der Waals surface area contributed by atoms with Gasteiger partial charge in [-0.25, -0.2) is 9.78 Å². The minimum atomic E-state index is -1.14. The van der Waals surface area contributed by atoms with Crippen LogP contribution in [0.1, 0.15) is 27.8 Å². The first kappa shape index (κ1) is 17.6. The lowest BCUT2D eigenvalue weighted by molar-refractivity contribution is -0.130. The molecule has 0 saturated carbocycles. The average Bonchev–Trinajstić information content (AvgIpc) is 3.19. The molecule has 1 amide bonds. The number of carbonyl (C=O) groups is 2. The lowest BCUT2D eigenvalue weighted by Gasteiger charge is -2.17. The van der Waals surface area contributed by atoms with Gasteiger partial charge in [-0.05, 0) is 36.4 Å². The van der Waals surface area contributed by atoms with Crippen LogP contribution in [0, 0.1) is 0 Å². The predicted molar refractivity (Wildman–Crippen MR) is 92.2 cm³/mol. The van der Waals surface area contributed by atoms with Crippen molar-refractivity contribution >= 4 is 23.5 Å². The summed E-state index contributed by atoms with van der Waals surface area (Å²) in [4.78, 5) is 32.7. The van der Waals surface area contributed by atoms with Crippen LogP contribution >= 0.6 is 11.6 Å². The molecule has 0 aliphatic carbocycles. The van der Waals surface area contributed by atoms with Crippen LogP contribution in [-0.4, -0.2) is 21.8 Å². The third-order valence-corrected chi connectivity index (χ3v) is 3.68. The van der Waals surface area contributed by atoms with Gasteiger partial charge in [0.15, 0.2) is 0 Å². The van der Waals surface area contributed by atoms with Gasteiger partial charge in [0.05, 0.1) is 18.4 Å². The number of esters is 1. The zero-order valence-electron chi connectivity index (χ0n) is 13.5. The van der Waals surface area contributed by atoms with Crippen molar-refractivity contribution in [3.8, 4) is 0 Å². The fourth-order valence-electron chi connectivity index (χ4n) is 2.16. The molecular weight excluding hydrogens is 358 g/mol. The highest BCUT2D eigenvalue weighted by Gasteiger charge is 2.26. The second-order valence-corrected chi connectivity index (χ2v) is 5.62. The number of furan rings is 1. The minimum Gasteiger partial charge on any atom is -0.467 e. The number of hydrogen-bond donors (Lipinski definition) is 1. The van der Waals surface area contributed by atoms with Crippen LogP contribution in [0.5, 0.6) is 0 Å². The van der Waals surface area contributed by atoms with Crippen molar-refractivity contribution in [2.45, 2.75) is 12.6 Å². The van der Waals surface area contributed by atoms with Gasteiger partial charge in [-0.15, -0.1) is 0 Å². The molecule has 7 nitrogen and oxygen atoms in total. The van der Waals surface area contributed by atoms with E-state index in [2.05, 4.69) is 15.3 Å². The number of nitrogens with one attached hydrogen (secondary N) is 1. The Morgan fingerprint density at radius 1 is 1.19 bits per heavy atom. The molecule has 3 heterocycles. The molecule has 0 saturated heterocycles. The molecule has 0 radical (unpaired) electrons. The summed E-state index contributed by atoms with van der Waals surface area (Å²) in [6.07, 6.45) is 4.68. The van der Waals surface area contributed by atoms with Crippen molar-refractivity contribution in [1.29, 1.82) is 0 Å². The van der Waals surface area contributed by atoms with E-state index < -0.39 is 18.0 Å². The number of pyridine rings is 2. The molecule has 3 aromatic heterocycles. The molecule has 0 aliphatic rings. The maximum absolute atomic E-state index is 12.6. The van der Waals surface area contributed by atoms with E-state index in [9.17, 15) is 9.59 Å². The van der Waals surface area contributed by atoms with Gasteiger partial charge in [-0.1, -0.05) is 11.6 Å². The first-order valence-corrected chi connectivity index (χ1v) is 8.04. The number of halogens is 1. The number of ether oxygens (including phenoxy) is 1. The summed E-state index contributed by atoms with van der Waals surface area (Å²) in [5.41, 5.74) is 0.680. The Labute approximate surface area is 154 Å². The van der Waals surface area contributed by atoms with E-state index in [1.54, 1.807) is 24.3 Å². The highest BCUT2D eigenvalue weighted by molar-refractivity contribution is 6.29. The van der Waals surface area contributed by atoms with Gasteiger partial charge in [0.25, 0.3) is 5.91 Å². The topological polar surface area (TPSA) is 94.3 Å². The van der Waals surface area contributed by atoms with Crippen molar-refractivity contribution in [2.75, 3.05) is 0 Å². The second-order valence-electron chi connectivity index (χ2n) is 5.23. The van der Waals surface area contributed by atoms with Gasteiger partial charge in [-0.3, -0.25) is 9.78 Å². The molecule has 8 heteroatoms. The molecule has 0 bridgehead atoms. The van der Waals surface area contributed by atoms with Gasteiger partial charge >= 0.3 is 5.97 Å². The van der Waals surface area contributed by atoms with E-state index in [0.29, 0.717) is 11.3 Å². The number of rotatable bonds is 6. The third-order valence-electron chi connectivity index (χ3n) is 3.45. The Balaban J connectivity index is 1.75. The van der Waals surface area contributed by atoms with Crippen LogP contribution < -0.4 is 5.32 Å². The van der Waals surface area contributed by atoms with E-state index in [1.807, 2.05) is 0 Å². The lowest BCUT2D eigenvalue weighted by atomic mass is 10.1. The molecule has 1 atom stereocenters. The molecule has 0 fully saturated rings. The summed E-state index contributed by atoms with van der Waals surface area (Å²) in [5, 5.41) is 2.94. The molecule has 132 valence electrons. The Morgan fingerprint density at radius 2 is 2.00 bits per heavy atom. The SMILES string of the molecule is O=C(OC(C(=O)NCc1ccco1)c1ccncc1)c1ccc(Cl)nc1. The highest BCUT2D eigenvalue weighted by Crippen LogP contribution is 2.19. The van der Waals surface area contributed by atoms with Crippen LogP contribution in [0.4, 0.5) is 0 Å². The molecule has 26 heavy (non-hydrogen) atoms. The van der Waals surface area contributed by atoms with E-state index in [0.717, 1.165) is 0 Å². The monoisotopic (exact) mass is 371 g/mol. The summed E-state index contributed by atoms with van der Waals surface area (Å²) in [6, 6.07) is 9.59. The molecule has 3 rings (SSSR count). The molecule has 0 spiro atoms. The van der Waals surface area contributed by atoms with Gasteiger partial charge in [0, 0.05) is 24.2 Å². The zero-order valence-corrected chi connectivity index (χ0v) is 14.2. The van der Waals surface area contributed by atoms with Gasteiger partial charge in [0.1, 0.15) is 10.9 Å². The summed E-state index contributed by atoms with van der Waals surface area (Å²) >= 11 is 5.72. The third kappa shape index (κ3) is 4.46. The highest BCUT2D eigenvalue weighted by atomic mass is 35.5. The largest absolute Gasteiger partial charge is 0.467 e. The van der Waals surface area contributed by atoms with Crippen LogP contribution in [0.3, 0.4) is 0 Å². The molecule has 0 aromatic carbocycles. The second kappa shape index (κ2) is 8.26. The van der Waals surface area contributed by atoms with Gasteiger partial charge in [-0.2, -0.15) is 0 Å². The van der Waals surface area contributed by atoms with Crippen molar-refractivity contribution in [3.63, 3.8) is 0 Å². The zero-order chi connectivity index (χ0) is 18.4. The van der Waals surface area contributed by atoms with Crippen molar-refractivity contribution < 1.29 is 18.7 Å². The van der Waals surface area contributed by atoms with Gasteiger partial charge in [0.2, 0.25) is 6.10 Å². The van der Waals surface area contributed by atoms with Gasteiger partial charge < -0.3 is 14.5 Å². The Kier molecular flexibility index (Phi) is 5.60. The quantitative estimate of drug-likeness (QED) is 0.529. The summed E-state index contributed by atoms with van der Waals surface area (Å²) in [6.45, 7) is 0.174. The number of carbonyl (C=O) groups excluding carboxylic acids is 2. The van der Waals surface area contributed by atoms with Crippen LogP contribution in [-0.2, 0) is 16.1 Å². The van der Waals surface area contributed by atoms with E-state index in [1.165, 1.54) is 37.0 Å². The standard InChI is InChI=1S/C18H14ClN3O4/c19-15-4-3-13(10-21-15)18(24)26-16(12-5-7-20-8-6-12)17(23)22-11-14-2-1-9-25-14/h1-10,16H,11H2,(H,22,23). The predicted octanol–water partition coefficient (Wildman–Crippen LogP) is 2.94. The number of aromatic nitrogens is 2. The van der Waals surface area contributed by atoms with Crippen molar-refractivity contribution in [3.05, 3.63) is 83.3 Å². The summed E-state index contributed by atoms with van der Waals surface area (Å²) in [7, 11) is 0. The van der Waals surface area contributed by atoms with E-state index >= 15 is 0 Å². The fraction of sp³-hybridized carbons (Fsp3) is 0.111. The van der Waals surface area contributed by atoms with Crippen LogP contribution in [0.15, 0.2) is 65.7 Å². The smallest absolute Gasteiger partial charge is 0.340 e. The molecule has 0 aliphatic heterocycles. The first-order chi connectivity index (χ1) is 12.6. The number of hydrogen-bond acceptors (Lipinski definition) is 6. The Morgan fingerprint density at radius 3 is 2.65 bits per heavy atom. The molecule has 3 aromatic rings.